The Hall–Kier alpha value is -0.120. The van der Waals surface area contributed by atoms with E-state index < -0.39 is 0 Å². The Kier molecular flexibility index (Phi) is 4.56. The van der Waals surface area contributed by atoms with Gasteiger partial charge >= 0.3 is 0 Å². The highest BCUT2D eigenvalue weighted by Gasteiger charge is 2.26. The van der Waals surface area contributed by atoms with Crippen LogP contribution in [0.4, 0.5) is 0 Å². The fourth-order valence-electron chi connectivity index (χ4n) is 2.32. The standard InChI is InChI=1S/C12H26N2O/c1-10-11(6-7-15-10)13-8-12(2,3)9-14(4)5/h10-11,13H,6-9H2,1-5H3/t10-,11-/m0/s1. The summed E-state index contributed by atoms with van der Waals surface area (Å²) in [6, 6.07) is 0.548. The average Bonchev–Trinajstić information content (AvgIpc) is 2.45. The Balaban J connectivity index is 2.28. The first kappa shape index (κ1) is 12.9. The third kappa shape index (κ3) is 4.49. The van der Waals surface area contributed by atoms with Crippen LogP contribution in [0.25, 0.3) is 0 Å². The highest BCUT2D eigenvalue weighted by atomic mass is 16.5. The van der Waals surface area contributed by atoms with E-state index in [0.717, 1.165) is 26.1 Å². The molecule has 2 atom stereocenters. The van der Waals surface area contributed by atoms with Gasteiger partial charge in [-0.05, 0) is 32.9 Å². The predicted octanol–water partition coefficient (Wildman–Crippen LogP) is 1.34. The Morgan fingerprint density at radius 2 is 2.07 bits per heavy atom. The van der Waals surface area contributed by atoms with Gasteiger partial charge < -0.3 is 15.0 Å². The Morgan fingerprint density at radius 3 is 2.53 bits per heavy atom. The third-order valence-corrected chi connectivity index (χ3v) is 2.96. The lowest BCUT2D eigenvalue weighted by molar-refractivity contribution is 0.109. The molecule has 1 aliphatic rings. The van der Waals surface area contributed by atoms with Gasteiger partial charge in [-0.15, -0.1) is 0 Å². The number of hydrogen-bond acceptors (Lipinski definition) is 3. The van der Waals surface area contributed by atoms with Gasteiger partial charge in [-0.2, -0.15) is 0 Å². The zero-order valence-electron chi connectivity index (χ0n) is 10.8. The second-order valence-electron chi connectivity index (χ2n) is 5.75. The topological polar surface area (TPSA) is 24.5 Å². The molecule has 1 heterocycles. The maximum absolute atomic E-state index is 5.54. The quantitative estimate of drug-likeness (QED) is 0.747. The largest absolute Gasteiger partial charge is 0.377 e. The van der Waals surface area contributed by atoms with Crippen molar-refractivity contribution in [3.63, 3.8) is 0 Å². The van der Waals surface area contributed by atoms with Crippen molar-refractivity contribution in [1.29, 1.82) is 0 Å². The SMILES string of the molecule is C[C@@H]1OCC[C@@H]1NCC(C)(C)CN(C)C. The molecule has 3 heteroatoms. The van der Waals surface area contributed by atoms with E-state index in [1.165, 1.54) is 0 Å². The number of rotatable bonds is 5. The summed E-state index contributed by atoms with van der Waals surface area (Å²) in [5, 5.41) is 3.63. The molecule has 1 fully saturated rings. The van der Waals surface area contributed by atoms with E-state index in [9.17, 15) is 0 Å². The van der Waals surface area contributed by atoms with Crippen LogP contribution in [0.1, 0.15) is 27.2 Å². The van der Waals surface area contributed by atoms with E-state index in [1.54, 1.807) is 0 Å². The molecule has 3 nitrogen and oxygen atoms in total. The summed E-state index contributed by atoms with van der Waals surface area (Å²) in [6.45, 7) is 9.85. The van der Waals surface area contributed by atoms with Crippen molar-refractivity contribution in [2.24, 2.45) is 5.41 Å². The highest BCUT2D eigenvalue weighted by Crippen LogP contribution is 2.18. The van der Waals surface area contributed by atoms with Crippen molar-refractivity contribution in [1.82, 2.24) is 10.2 Å². The number of ether oxygens (including phenoxy) is 1. The molecule has 1 N–H and O–H groups in total. The van der Waals surface area contributed by atoms with Gasteiger partial charge in [0.1, 0.15) is 0 Å². The van der Waals surface area contributed by atoms with Gasteiger partial charge in [-0.1, -0.05) is 13.8 Å². The maximum Gasteiger partial charge on any atom is 0.0700 e. The van der Waals surface area contributed by atoms with Gasteiger partial charge in [0.25, 0.3) is 0 Å². The molecule has 0 aromatic heterocycles. The predicted molar refractivity (Wildman–Crippen MR) is 64.2 cm³/mol. The smallest absolute Gasteiger partial charge is 0.0700 e. The zero-order chi connectivity index (χ0) is 11.5. The third-order valence-electron chi connectivity index (χ3n) is 2.96. The molecule has 0 bridgehead atoms. The monoisotopic (exact) mass is 214 g/mol. The van der Waals surface area contributed by atoms with Crippen molar-refractivity contribution in [2.75, 3.05) is 33.8 Å². The van der Waals surface area contributed by atoms with Crippen LogP contribution in [-0.4, -0.2) is 50.8 Å². The minimum Gasteiger partial charge on any atom is -0.377 e. The fraction of sp³-hybridized carbons (Fsp3) is 1.00. The first-order valence-corrected chi connectivity index (χ1v) is 5.90. The van der Waals surface area contributed by atoms with Gasteiger partial charge in [0.15, 0.2) is 0 Å². The van der Waals surface area contributed by atoms with Crippen LogP contribution in [0.2, 0.25) is 0 Å². The van der Waals surface area contributed by atoms with Crippen molar-refractivity contribution < 1.29 is 4.74 Å². The van der Waals surface area contributed by atoms with Crippen LogP contribution in [0, 0.1) is 5.41 Å². The molecule has 1 rings (SSSR count). The molecule has 0 spiro atoms. The minimum absolute atomic E-state index is 0.325. The first-order valence-electron chi connectivity index (χ1n) is 5.90. The summed E-state index contributed by atoms with van der Waals surface area (Å²) in [4.78, 5) is 2.25. The minimum atomic E-state index is 0.325. The molecule has 1 aliphatic heterocycles. The van der Waals surface area contributed by atoms with E-state index in [1.807, 2.05) is 0 Å². The van der Waals surface area contributed by atoms with Crippen LogP contribution in [-0.2, 0) is 4.74 Å². The molecule has 0 aromatic rings. The fourth-order valence-corrected chi connectivity index (χ4v) is 2.32. The van der Waals surface area contributed by atoms with Crippen molar-refractivity contribution in [2.45, 2.75) is 39.3 Å². The Morgan fingerprint density at radius 1 is 1.40 bits per heavy atom. The van der Waals surface area contributed by atoms with E-state index in [4.69, 9.17) is 4.74 Å². The summed E-state index contributed by atoms with van der Waals surface area (Å²) >= 11 is 0. The Bertz CT molecular complexity index is 192. The van der Waals surface area contributed by atoms with E-state index in [-0.39, 0.29) is 0 Å². The van der Waals surface area contributed by atoms with Crippen LogP contribution in [0.15, 0.2) is 0 Å². The first-order chi connectivity index (χ1) is 6.91. The molecule has 0 radical (unpaired) electrons. The second-order valence-corrected chi connectivity index (χ2v) is 5.75. The average molecular weight is 214 g/mol. The van der Waals surface area contributed by atoms with E-state index in [2.05, 4.69) is 45.1 Å². The van der Waals surface area contributed by atoms with Crippen LogP contribution >= 0.6 is 0 Å². The van der Waals surface area contributed by atoms with Gasteiger partial charge in [-0.3, -0.25) is 0 Å². The maximum atomic E-state index is 5.54. The van der Waals surface area contributed by atoms with Crippen molar-refractivity contribution >= 4 is 0 Å². The summed E-state index contributed by atoms with van der Waals surface area (Å²) < 4.78 is 5.54. The lowest BCUT2D eigenvalue weighted by Crippen LogP contribution is -2.43. The highest BCUT2D eigenvalue weighted by molar-refractivity contribution is 4.83. The van der Waals surface area contributed by atoms with Gasteiger partial charge in [0.05, 0.1) is 6.10 Å². The van der Waals surface area contributed by atoms with Crippen molar-refractivity contribution in [3.8, 4) is 0 Å². The van der Waals surface area contributed by atoms with Crippen LogP contribution in [0.3, 0.4) is 0 Å². The van der Waals surface area contributed by atoms with Crippen LogP contribution in [0.5, 0.6) is 0 Å². The van der Waals surface area contributed by atoms with E-state index >= 15 is 0 Å². The molecule has 0 amide bonds. The molecular weight excluding hydrogens is 188 g/mol. The lowest BCUT2D eigenvalue weighted by Gasteiger charge is -2.30. The molecule has 0 saturated carbocycles. The Labute approximate surface area is 94.2 Å². The van der Waals surface area contributed by atoms with Crippen molar-refractivity contribution in [3.05, 3.63) is 0 Å². The number of nitrogens with zero attached hydrogens (tertiary/aromatic N) is 1. The molecule has 0 unspecified atom stereocenters. The van der Waals surface area contributed by atoms with Gasteiger partial charge in [0, 0.05) is 25.7 Å². The number of hydrogen-bond donors (Lipinski definition) is 1. The van der Waals surface area contributed by atoms with Gasteiger partial charge in [-0.25, -0.2) is 0 Å². The summed E-state index contributed by atoms with van der Waals surface area (Å²) in [6.07, 6.45) is 1.53. The number of nitrogens with one attached hydrogen (secondary N) is 1. The summed E-state index contributed by atoms with van der Waals surface area (Å²) in [5.74, 6) is 0. The van der Waals surface area contributed by atoms with E-state index in [0.29, 0.717) is 17.6 Å². The normalized spacial score (nSPS) is 27.6. The molecule has 0 aromatic carbocycles. The molecule has 0 aliphatic carbocycles. The zero-order valence-corrected chi connectivity index (χ0v) is 10.8. The summed E-state index contributed by atoms with van der Waals surface area (Å²) in [7, 11) is 4.26. The second kappa shape index (κ2) is 5.28. The molecule has 1 saturated heterocycles. The van der Waals surface area contributed by atoms with Gasteiger partial charge in [0.2, 0.25) is 0 Å². The molecular formula is C12H26N2O. The molecule has 90 valence electrons. The summed E-state index contributed by atoms with van der Waals surface area (Å²) in [5.41, 5.74) is 0.325. The molecule has 15 heavy (non-hydrogen) atoms. The lowest BCUT2D eigenvalue weighted by atomic mass is 9.92. The van der Waals surface area contributed by atoms with Crippen LogP contribution < -0.4 is 5.32 Å².